The van der Waals surface area contributed by atoms with E-state index in [2.05, 4.69) is 76.4 Å². The first-order valence-electron chi connectivity index (χ1n) is 8.58. The monoisotopic (exact) mass is 314 g/mol. The molecule has 2 rings (SSSR count). The lowest BCUT2D eigenvalue weighted by atomic mass is 10.2. The molecule has 4 heteroatoms. The van der Waals surface area contributed by atoms with Gasteiger partial charge >= 0.3 is 0 Å². The number of benzene rings is 1. The Labute approximate surface area is 140 Å². The Hall–Kier alpha value is -1.81. The summed E-state index contributed by atoms with van der Waals surface area (Å²) in [5, 5.41) is 3.46. The van der Waals surface area contributed by atoms with Crippen LogP contribution in [0, 0.1) is 5.92 Å². The first-order chi connectivity index (χ1) is 11.2. The molecule has 0 aliphatic carbocycles. The van der Waals surface area contributed by atoms with E-state index in [1.54, 1.807) is 0 Å². The van der Waals surface area contributed by atoms with Gasteiger partial charge in [-0.2, -0.15) is 0 Å². The molecule has 0 unspecified atom stereocenters. The molecule has 1 aliphatic heterocycles. The molecule has 0 spiro atoms. The van der Waals surface area contributed by atoms with Gasteiger partial charge < -0.3 is 10.2 Å². The van der Waals surface area contributed by atoms with Crippen LogP contribution in [0.4, 0.5) is 0 Å². The van der Waals surface area contributed by atoms with Crippen LogP contribution in [-0.2, 0) is 0 Å². The SMILES string of the molecule is CN=C(NCC(C)C)N1CCN(C/C=C/c2ccccc2)CC1. The van der Waals surface area contributed by atoms with Crippen molar-refractivity contribution in [2.75, 3.05) is 46.3 Å². The van der Waals surface area contributed by atoms with Gasteiger partial charge in [-0.25, -0.2) is 0 Å². The number of aliphatic imine (C=N–C) groups is 1. The summed E-state index contributed by atoms with van der Waals surface area (Å²) >= 11 is 0. The highest BCUT2D eigenvalue weighted by Gasteiger charge is 2.18. The lowest BCUT2D eigenvalue weighted by Crippen LogP contribution is -2.52. The van der Waals surface area contributed by atoms with E-state index >= 15 is 0 Å². The number of piperazine rings is 1. The van der Waals surface area contributed by atoms with Crippen molar-refractivity contribution in [2.45, 2.75) is 13.8 Å². The van der Waals surface area contributed by atoms with Gasteiger partial charge in [-0.15, -0.1) is 0 Å². The summed E-state index contributed by atoms with van der Waals surface area (Å²) in [6.07, 6.45) is 4.46. The maximum atomic E-state index is 4.41. The average Bonchev–Trinajstić information content (AvgIpc) is 2.57. The van der Waals surface area contributed by atoms with Crippen LogP contribution in [-0.4, -0.2) is 62.1 Å². The molecule has 0 bridgehead atoms. The van der Waals surface area contributed by atoms with Gasteiger partial charge in [-0.05, 0) is 11.5 Å². The average molecular weight is 314 g/mol. The van der Waals surface area contributed by atoms with Crippen molar-refractivity contribution < 1.29 is 0 Å². The van der Waals surface area contributed by atoms with Crippen LogP contribution >= 0.6 is 0 Å². The molecule has 1 fully saturated rings. The van der Waals surface area contributed by atoms with Crippen molar-refractivity contribution in [1.82, 2.24) is 15.1 Å². The fraction of sp³-hybridized carbons (Fsp3) is 0.526. The van der Waals surface area contributed by atoms with Crippen molar-refractivity contribution in [3.8, 4) is 0 Å². The van der Waals surface area contributed by atoms with E-state index in [1.807, 2.05) is 7.05 Å². The third-order valence-electron chi connectivity index (χ3n) is 4.03. The highest BCUT2D eigenvalue weighted by atomic mass is 15.3. The van der Waals surface area contributed by atoms with Crippen LogP contribution in [0.25, 0.3) is 6.08 Å². The second kappa shape index (κ2) is 9.36. The zero-order valence-corrected chi connectivity index (χ0v) is 14.7. The van der Waals surface area contributed by atoms with Crippen LogP contribution in [0.2, 0.25) is 0 Å². The molecule has 0 atom stereocenters. The standard InChI is InChI=1S/C19H30N4/c1-17(2)16-21-19(20-3)23-14-12-22(13-15-23)11-7-10-18-8-5-4-6-9-18/h4-10,17H,11-16H2,1-3H3,(H,20,21)/b10-7+. The zero-order chi connectivity index (χ0) is 16.5. The van der Waals surface area contributed by atoms with Crippen LogP contribution < -0.4 is 5.32 Å². The normalized spacial score (nSPS) is 17.2. The highest BCUT2D eigenvalue weighted by molar-refractivity contribution is 5.80. The molecule has 1 N–H and O–H groups in total. The summed E-state index contributed by atoms with van der Waals surface area (Å²) in [7, 11) is 1.87. The zero-order valence-electron chi connectivity index (χ0n) is 14.7. The van der Waals surface area contributed by atoms with E-state index in [0.29, 0.717) is 5.92 Å². The largest absolute Gasteiger partial charge is 0.356 e. The Kier molecular flexibility index (Phi) is 7.14. The molecule has 1 aliphatic rings. The Morgan fingerprint density at radius 2 is 1.87 bits per heavy atom. The molecular weight excluding hydrogens is 284 g/mol. The number of rotatable bonds is 5. The molecule has 0 radical (unpaired) electrons. The Morgan fingerprint density at radius 3 is 2.48 bits per heavy atom. The minimum atomic E-state index is 0.635. The quantitative estimate of drug-likeness (QED) is 0.669. The molecule has 4 nitrogen and oxygen atoms in total. The molecule has 1 saturated heterocycles. The molecule has 0 saturated carbocycles. The van der Waals surface area contributed by atoms with Crippen molar-refractivity contribution >= 4 is 12.0 Å². The smallest absolute Gasteiger partial charge is 0.193 e. The fourth-order valence-corrected chi connectivity index (χ4v) is 2.67. The van der Waals surface area contributed by atoms with Crippen molar-refractivity contribution in [2.24, 2.45) is 10.9 Å². The molecule has 0 amide bonds. The van der Waals surface area contributed by atoms with E-state index in [4.69, 9.17) is 0 Å². The van der Waals surface area contributed by atoms with Crippen LogP contribution in [0.1, 0.15) is 19.4 Å². The number of nitrogens with zero attached hydrogens (tertiary/aromatic N) is 3. The third kappa shape index (κ3) is 6.06. The molecule has 0 aromatic heterocycles. The van der Waals surface area contributed by atoms with E-state index in [0.717, 1.165) is 45.2 Å². The molecule has 126 valence electrons. The van der Waals surface area contributed by atoms with E-state index in [9.17, 15) is 0 Å². The summed E-state index contributed by atoms with van der Waals surface area (Å²) in [5.41, 5.74) is 1.27. The van der Waals surface area contributed by atoms with E-state index < -0.39 is 0 Å². The number of hydrogen-bond donors (Lipinski definition) is 1. The van der Waals surface area contributed by atoms with E-state index in [-0.39, 0.29) is 0 Å². The van der Waals surface area contributed by atoms with E-state index in [1.165, 1.54) is 5.56 Å². The lowest BCUT2D eigenvalue weighted by Gasteiger charge is -2.36. The Morgan fingerprint density at radius 1 is 1.17 bits per heavy atom. The molecular formula is C19H30N4. The minimum absolute atomic E-state index is 0.635. The molecule has 23 heavy (non-hydrogen) atoms. The predicted octanol–water partition coefficient (Wildman–Crippen LogP) is 2.55. The summed E-state index contributed by atoms with van der Waals surface area (Å²) in [5.74, 6) is 1.68. The number of nitrogens with one attached hydrogen (secondary N) is 1. The first-order valence-corrected chi connectivity index (χ1v) is 8.58. The number of hydrogen-bond acceptors (Lipinski definition) is 2. The Bertz CT molecular complexity index is 499. The second-order valence-corrected chi connectivity index (χ2v) is 6.42. The van der Waals surface area contributed by atoms with Gasteiger partial charge in [0.1, 0.15) is 0 Å². The minimum Gasteiger partial charge on any atom is -0.356 e. The summed E-state index contributed by atoms with van der Waals surface area (Å²) < 4.78 is 0. The third-order valence-corrected chi connectivity index (χ3v) is 4.03. The van der Waals surface area contributed by atoms with Gasteiger partial charge in [0.25, 0.3) is 0 Å². The molecule has 1 aromatic carbocycles. The summed E-state index contributed by atoms with van der Waals surface area (Å²) in [6.45, 7) is 10.7. The van der Waals surface area contributed by atoms with Crippen LogP contribution in [0.5, 0.6) is 0 Å². The Balaban J connectivity index is 1.74. The van der Waals surface area contributed by atoms with Gasteiger partial charge in [0.2, 0.25) is 0 Å². The number of guanidine groups is 1. The fourth-order valence-electron chi connectivity index (χ4n) is 2.67. The van der Waals surface area contributed by atoms with Gasteiger partial charge in [-0.3, -0.25) is 9.89 Å². The van der Waals surface area contributed by atoms with Crippen molar-refractivity contribution in [3.05, 3.63) is 42.0 Å². The van der Waals surface area contributed by atoms with Crippen LogP contribution in [0.3, 0.4) is 0 Å². The highest BCUT2D eigenvalue weighted by Crippen LogP contribution is 2.05. The van der Waals surface area contributed by atoms with Gasteiger partial charge in [0.05, 0.1) is 0 Å². The summed E-state index contributed by atoms with van der Waals surface area (Å²) in [4.78, 5) is 9.26. The predicted molar refractivity (Wildman–Crippen MR) is 99.7 cm³/mol. The summed E-state index contributed by atoms with van der Waals surface area (Å²) in [6, 6.07) is 10.5. The van der Waals surface area contributed by atoms with Gasteiger partial charge in [0.15, 0.2) is 5.96 Å². The van der Waals surface area contributed by atoms with Gasteiger partial charge in [0, 0.05) is 46.3 Å². The van der Waals surface area contributed by atoms with Crippen molar-refractivity contribution in [1.29, 1.82) is 0 Å². The lowest BCUT2D eigenvalue weighted by molar-refractivity contribution is 0.194. The topological polar surface area (TPSA) is 30.9 Å². The van der Waals surface area contributed by atoms with Crippen molar-refractivity contribution in [3.63, 3.8) is 0 Å². The first kappa shape index (κ1) is 17.5. The van der Waals surface area contributed by atoms with Gasteiger partial charge in [-0.1, -0.05) is 56.3 Å². The maximum Gasteiger partial charge on any atom is 0.193 e. The molecule has 1 aromatic rings. The maximum absolute atomic E-state index is 4.41. The molecule has 1 heterocycles. The van der Waals surface area contributed by atoms with Crippen LogP contribution in [0.15, 0.2) is 41.4 Å². The second-order valence-electron chi connectivity index (χ2n) is 6.42.